The van der Waals surface area contributed by atoms with Crippen LogP contribution < -0.4 is 39.5 Å². The van der Waals surface area contributed by atoms with E-state index in [0.29, 0.717) is 6.54 Å². The molecule has 0 aromatic heterocycles. The highest BCUT2D eigenvalue weighted by Crippen LogP contribution is 2.01. The fraction of sp³-hybridized carbons (Fsp3) is 0.600. The molecule has 0 aliphatic rings. The molecule has 12 heteroatoms. The number of rotatable bonds is 6. The smallest absolute Gasteiger partial charge is 0.209 e. The lowest BCUT2D eigenvalue weighted by atomic mass is 10.2. The van der Waals surface area contributed by atoms with Gasteiger partial charge in [0.2, 0.25) is 23.8 Å². The number of hydrazine groups is 1. The lowest BCUT2D eigenvalue weighted by Gasteiger charge is -2.16. The topological polar surface area (TPSA) is 241 Å². The van der Waals surface area contributed by atoms with E-state index in [4.69, 9.17) is 44.9 Å². The molecule has 0 fully saturated rings. The van der Waals surface area contributed by atoms with E-state index < -0.39 is 0 Å². The molecule has 0 unspecified atom stereocenters. The number of hydrogen-bond donors (Lipinski definition) is 10. The monoisotopic (exact) mass is 316 g/mol. The van der Waals surface area contributed by atoms with Crippen molar-refractivity contribution in [2.45, 2.75) is 32.6 Å². The number of nitrogens with two attached hydrogens (primary N) is 5. The Morgan fingerprint density at radius 1 is 0.909 bits per heavy atom. The zero-order valence-electron chi connectivity index (χ0n) is 12.8. The first-order chi connectivity index (χ1) is 10.2. The van der Waals surface area contributed by atoms with E-state index in [1.807, 2.05) is 0 Å². The lowest BCUT2D eigenvalue weighted by Crippen LogP contribution is -2.47. The van der Waals surface area contributed by atoms with Gasteiger partial charge in [-0.2, -0.15) is 0 Å². The quantitative estimate of drug-likeness (QED) is 0.111. The van der Waals surface area contributed by atoms with E-state index in [9.17, 15) is 0 Å². The molecule has 0 amide bonds. The number of nitrogens with zero attached hydrogens (tertiary/aromatic N) is 2. The highest BCUT2D eigenvalue weighted by Gasteiger charge is 2.03. The Morgan fingerprint density at radius 2 is 1.41 bits per heavy atom. The number of unbranched alkanes of at least 4 members (excludes halogenated alkanes) is 3. The Labute approximate surface area is 129 Å². The second-order valence-electron chi connectivity index (χ2n) is 4.17. The molecule has 0 saturated carbocycles. The van der Waals surface area contributed by atoms with Gasteiger partial charge >= 0.3 is 0 Å². The third kappa shape index (κ3) is 17.1. The summed E-state index contributed by atoms with van der Waals surface area (Å²) in [4.78, 5) is 0. The molecule has 0 rings (SSSR count). The van der Waals surface area contributed by atoms with Crippen LogP contribution in [0.4, 0.5) is 0 Å². The molecule has 0 spiro atoms. The summed E-state index contributed by atoms with van der Waals surface area (Å²) in [7, 11) is 0. The van der Waals surface area contributed by atoms with E-state index in [1.54, 1.807) is 0 Å². The van der Waals surface area contributed by atoms with Crippen molar-refractivity contribution in [1.29, 1.82) is 16.2 Å². The average molecular weight is 316 g/mol. The molecule has 22 heavy (non-hydrogen) atoms. The van der Waals surface area contributed by atoms with Gasteiger partial charge in [0, 0.05) is 6.54 Å². The van der Waals surface area contributed by atoms with Crippen molar-refractivity contribution < 1.29 is 0 Å². The molecule has 0 aliphatic heterocycles. The standard InChI is InChI=1S/C8H20N6.C2H8N6/c1-2-3-4-5-6-14(8(11)12)13-7(9)10;3-1(4)7-8-2(5)6/h2-6H2,1H3,(H3,11,12)(H4,9,10,13);(H4,3,4,7)(H4,5,6,8). The van der Waals surface area contributed by atoms with Crippen LogP contribution in [0.2, 0.25) is 0 Å². The van der Waals surface area contributed by atoms with Gasteiger partial charge in [0.15, 0.2) is 0 Å². The zero-order valence-corrected chi connectivity index (χ0v) is 12.8. The predicted molar refractivity (Wildman–Crippen MR) is 88.7 cm³/mol. The summed E-state index contributed by atoms with van der Waals surface area (Å²) in [6.45, 7) is 2.73. The van der Waals surface area contributed by atoms with Crippen LogP contribution in [0, 0.1) is 16.2 Å². The summed E-state index contributed by atoms with van der Waals surface area (Å²) in [5.41, 5.74) is 29.5. The van der Waals surface area contributed by atoms with Gasteiger partial charge in [-0.15, -0.1) is 5.10 Å². The Balaban J connectivity index is 0. The first-order valence-electron chi connectivity index (χ1n) is 6.61. The molecule has 12 nitrogen and oxygen atoms in total. The van der Waals surface area contributed by atoms with Gasteiger partial charge in [-0.05, 0) is 6.42 Å². The van der Waals surface area contributed by atoms with Crippen molar-refractivity contribution in [2.24, 2.45) is 33.8 Å². The number of hydrogen-bond acceptors (Lipinski definition) is 4. The molecule has 0 bridgehead atoms. The minimum atomic E-state index is -0.278. The van der Waals surface area contributed by atoms with Crippen LogP contribution in [0.15, 0.2) is 5.10 Å². The minimum Gasteiger partial charge on any atom is -0.369 e. The first kappa shape index (κ1) is 21.4. The molecular formula is C10H28N12. The van der Waals surface area contributed by atoms with Crippen molar-refractivity contribution in [2.75, 3.05) is 6.54 Å². The number of nitrogens with one attached hydrogen (secondary N) is 5. The van der Waals surface area contributed by atoms with Gasteiger partial charge in [0.25, 0.3) is 0 Å². The van der Waals surface area contributed by atoms with E-state index >= 15 is 0 Å². The largest absolute Gasteiger partial charge is 0.369 e. The first-order valence-corrected chi connectivity index (χ1v) is 6.61. The number of guanidine groups is 4. The van der Waals surface area contributed by atoms with Crippen molar-refractivity contribution in [3.63, 3.8) is 0 Å². The van der Waals surface area contributed by atoms with Crippen LogP contribution in [0.1, 0.15) is 32.6 Å². The summed E-state index contributed by atoms with van der Waals surface area (Å²) < 4.78 is 0. The van der Waals surface area contributed by atoms with Crippen LogP contribution in [0.25, 0.3) is 0 Å². The summed E-state index contributed by atoms with van der Waals surface area (Å²) in [6, 6.07) is 0. The van der Waals surface area contributed by atoms with E-state index in [-0.39, 0.29) is 23.8 Å². The van der Waals surface area contributed by atoms with Gasteiger partial charge < -0.3 is 28.7 Å². The second kappa shape index (κ2) is 13.1. The van der Waals surface area contributed by atoms with Crippen LogP contribution in [-0.4, -0.2) is 35.4 Å². The van der Waals surface area contributed by atoms with Crippen LogP contribution in [0.3, 0.4) is 0 Å². The van der Waals surface area contributed by atoms with Crippen LogP contribution >= 0.6 is 0 Å². The van der Waals surface area contributed by atoms with Gasteiger partial charge in [0.1, 0.15) is 0 Å². The minimum absolute atomic E-state index is 0.0734. The third-order valence-corrected chi connectivity index (χ3v) is 2.07. The maximum absolute atomic E-state index is 7.21. The van der Waals surface area contributed by atoms with E-state index in [2.05, 4.69) is 22.9 Å². The Hall–Kier alpha value is -2.92. The summed E-state index contributed by atoms with van der Waals surface area (Å²) in [5, 5.41) is 25.3. The molecule has 0 radical (unpaired) electrons. The van der Waals surface area contributed by atoms with E-state index in [1.165, 1.54) is 17.9 Å². The third-order valence-electron chi connectivity index (χ3n) is 2.07. The van der Waals surface area contributed by atoms with Gasteiger partial charge in [-0.1, -0.05) is 26.2 Å². The Morgan fingerprint density at radius 3 is 1.73 bits per heavy atom. The molecule has 0 atom stereocenters. The molecule has 0 aromatic rings. The maximum atomic E-state index is 7.21. The fourth-order valence-corrected chi connectivity index (χ4v) is 1.19. The SMILES string of the molecule is CCCCCCN(N=C(N)N)C(=N)N.N=C(N)NNC(=N)N. The average Bonchev–Trinajstić information content (AvgIpc) is 2.40. The van der Waals surface area contributed by atoms with Gasteiger partial charge in [-0.25, -0.2) is 5.01 Å². The molecule has 0 saturated heterocycles. The Bertz CT molecular complexity index is 358. The van der Waals surface area contributed by atoms with Crippen molar-refractivity contribution >= 4 is 23.8 Å². The molecule has 0 aliphatic carbocycles. The van der Waals surface area contributed by atoms with Crippen LogP contribution in [-0.2, 0) is 0 Å². The van der Waals surface area contributed by atoms with Gasteiger partial charge in [0.05, 0.1) is 0 Å². The molecular weight excluding hydrogens is 288 g/mol. The van der Waals surface area contributed by atoms with Crippen molar-refractivity contribution in [3.8, 4) is 0 Å². The second-order valence-corrected chi connectivity index (χ2v) is 4.17. The summed E-state index contributed by atoms with van der Waals surface area (Å²) in [5.74, 6) is -0.758. The number of hydrazone groups is 1. The molecule has 15 N–H and O–H groups in total. The lowest BCUT2D eigenvalue weighted by molar-refractivity contribution is 0.415. The van der Waals surface area contributed by atoms with Gasteiger partial charge in [-0.3, -0.25) is 27.1 Å². The molecule has 0 heterocycles. The maximum Gasteiger partial charge on any atom is 0.209 e. The highest BCUT2D eigenvalue weighted by molar-refractivity contribution is 5.80. The summed E-state index contributed by atoms with van der Waals surface area (Å²) >= 11 is 0. The van der Waals surface area contributed by atoms with Crippen molar-refractivity contribution in [1.82, 2.24) is 15.9 Å². The normalized spacial score (nSPS) is 8.77. The van der Waals surface area contributed by atoms with Crippen molar-refractivity contribution in [3.05, 3.63) is 0 Å². The fourth-order valence-electron chi connectivity index (χ4n) is 1.19. The predicted octanol–water partition coefficient (Wildman–Crippen LogP) is -2.18. The zero-order chi connectivity index (χ0) is 17.5. The van der Waals surface area contributed by atoms with Crippen LogP contribution in [0.5, 0.6) is 0 Å². The summed E-state index contributed by atoms with van der Waals surface area (Å²) in [6.07, 6.45) is 4.38. The molecule has 0 aromatic carbocycles. The van der Waals surface area contributed by atoms with E-state index in [0.717, 1.165) is 12.8 Å². The molecule has 128 valence electrons. The Kier molecular flexibility index (Phi) is 12.7. The highest BCUT2D eigenvalue weighted by atomic mass is 15.5.